The first-order chi connectivity index (χ1) is 10.6. The zero-order valence-corrected chi connectivity index (χ0v) is 14.4. The second-order valence-electron chi connectivity index (χ2n) is 4.69. The molecule has 1 aromatic rings. The second kappa shape index (κ2) is 8.48. The van der Waals surface area contributed by atoms with Crippen molar-refractivity contribution in [2.45, 2.75) is 19.5 Å². The van der Waals surface area contributed by atoms with Gasteiger partial charge in [-0.05, 0) is 6.92 Å². The monoisotopic (exact) mass is 372 g/mol. The highest BCUT2D eigenvalue weighted by Crippen LogP contribution is 2.29. The van der Waals surface area contributed by atoms with Gasteiger partial charge in [-0.25, -0.2) is 13.4 Å². The molecule has 0 unspecified atom stereocenters. The van der Waals surface area contributed by atoms with Crippen molar-refractivity contribution in [3.8, 4) is 0 Å². The fraction of sp³-hybridized carbons (Fsp3) is 0.667. The topological polar surface area (TPSA) is 83.5 Å². The van der Waals surface area contributed by atoms with E-state index in [0.29, 0.717) is 30.5 Å². The van der Waals surface area contributed by atoms with Crippen molar-refractivity contribution in [3.05, 3.63) is 16.1 Å². The number of alkyl halides is 3. The Hall–Kier alpha value is -1.36. The van der Waals surface area contributed by atoms with Crippen molar-refractivity contribution < 1.29 is 21.6 Å². The zero-order chi connectivity index (χ0) is 17.5. The molecule has 0 bridgehead atoms. The molecular weight excluding hydrogens is 353 g/mol. The number of sulfone groups is 1. The van der Waals surface area contributed by atoms with Gasteiger partial charge in [0.2, 0.25) is 0 Å². The van der Waals surface area contributed by atoms with E-state index in [-0.39, 0.29) is 12.3 Å². The third-order valence-electron chi connectivity index (χ3n) is 2.55. The van der Waals surface area contributed by atoms with Crippen molar-refractivity contribution in [3.63, 3.8) is 0 Å². The number of aromatic nitrogens is 1. The minimum absolute atomic E-state index is 0.0645. The average Bonchev–Trinajstić information content (AvgIpc) is 2.86. The lowest BCUT2D eigenvalue weighted by molar-refractivity contribution is -0.140. The maximum Gasteiger partial charge on any atom is 0.434 e. The predicted octanol–water partition coefficient (Wildman–Crippen LogP) is 1.30. The van der Waals surface area contributed by atoms with Crippen LogP contribution in [0.3, 0.4) is 0 Å². The number of guanidine groups is 1. The Bertz CT molecular complexity index is 626. The number of hydrogen-bond donors (Lipinski definition) is 2. The van der Waals surface area contributed by atoms with E-state index in [0.717, 1.165) is 23.0 Å². The third kappa shape index (κ3) is 8.16. The summed E-state index contributed by atoms with van der Waals surface area (Å²) in [5, 5.41) is 7.22. The van der Waals surface area contributed by atoms with Gasteiger partial charge in [0, 0.05) is 31.1 Å². The maximum atomic E-state index is 12.4. The van der Waals surface area contributed by atoms with Gasteiger partial charge < -0.3 is 10.6 Å². The van der Waals surface area contributed by atoms with Crippen LogP contribution in [0.25, 0.3) is 0 Å². The van der Waals surface area contributed by atoms with Gasteiger partial charge >= 0.3 is 6.18 Å². The molecule has 0 radical (unpaired) electrons. The largest absolute Gasteiger partial charge is 0.434 e. The molecule has 0 saturated heterocycles. The Morgan fingerprint density at radius 3 is 2.61 bits per heavy atom. The summed E-state index contributed by atoms with van der Waals surface area (Å²) in [7, 11) is -3.09. The van der Waals surface area contributed by atoms with Gasteiger partial charge in [0.15, 0.2) is 11.7 Å². The van der Waals surface area contributed by atoms with E-state index in [4.69, 9.17) is 0 Å². The Morgan fingerprint density at radius 2 is 2.09 bits per heavy atom. The lowest BCUT2D eigenvalue weighted by Crippen LogP contribution is -2.38. The Kier molecular flexibility index (Phi) is 7.26. The molecule has 0 aliphatic rings. The predicted molar refractivity (Wildman–Crippen MR) is 84.5 cm³/mol. The molecule has 0 spiro atoms. The highest BCUT2D eigenvalue weighted by atomic mass is 32.2. The van der Waals surface area contributed by atoms with Crippen molar-refractivity contribution in [1.82, 2.24) is 15.6 Å². The average molecular weight is 372 g/mol. The molecule has 1 aromatic heterocycles. The van der Waals surface area contributed by atoms with Crippen molar-refractivity contribution >= 4 is 27.1 Å². The number of nitrogens with one attached hydrogen (secondary N) is 2. The SMILES string of the molecule is CCNC(=NCCS(C)(=O)=O)NCCc1nc(C(F)(F)F)cs1. The van der Waals surface area contributed by atoms with Crippen LogP contribution in [-0.2, 0) is 22.4 Å². The van der Waals surface area contributed by atoms with Gasteiger partial charge in [0.25, 0.3) is 0 Å². The summed E-state index contributed by atoms with van der Waals surface area (Å²) in [4.78, 5) is 7.63. The summed E-state index contributed by atoms with van der Waals surface area (Å²) in [5.74, 6) is 0.356. The molecule has 11 heteroatoms. The maximum absolute atomic E-state index is 12.4. The summed E-state index contributed by atoms with van der Waals surface area (Å²) in [6, 6.07) is 0. The second-order valence-corrected chi connectivity index (χ2v) is 7.89. The van der Waals surface area contributed by atoms with E-state index < -0.39 is 21.7 Å². The van der Waals surface area contributed by atoms with E-state index in [9.17, 15) is 21.6 Å². The number of halogens is 3. The molecule has 1 rings (SSSR count). The first-order valence-electron chi connectivity index (χ1n) is 6.83. The first kappa shape index (κ1) is 19.7. The quantitative estimate of drug-likeness (QED) is 0.557. The van der Waals surface area contributed by atoms with Crippen molar-refractivity contribution in [1.29, 1.82) is 0 Å². The van der Waals surface area contributed by atoms with Gasteiger partial charge in [-0.1, -0.05) is 0 Å². The molecule has 0 aliphatic heterocycles. The van der Waals surface area contributed by atoms with Crippen LogP contribution in [0.4, 0.5) is 13.2 Å². The van der Waals surface area contributed by atoms with Crippen LogP contribution in [0.1, 0.15) is 17.6 Å². The van der Waals surface area contributed by atoms with E-state index in [1.54, 1.807) is 0 Å². The normalized spacial score (nSPS) is 13.2. The number of thiazole rings is 1. The number of hydrogen-bond acceptors (Lipinski definition) is 5. The molecule has 0 aliphatic carbocycles. The van der Waals surface area contributed by atoms with Gasteiger partial charge in [-0.15, -0.1) is 11.3 Å². The van der Waals surface area contributed by atoms with Crippen LogP contribution < -0.4 is 10.6 Å². The van der Waals surface area contributed by atoms with Crippen molar-refractivity contribution in [2.75, 3.05) is 31.6 Å². The standard InChI is InChI=1S/C12H19F3N4O2S2/c1-3-16-11(18-6-7-23(2,20)21)17-5-4-10-19-9(8-22-10)12(13,14)15/h8H,3-7H2,1-2H3,(H2,16,17,18). The van der Waals surface area contributed by atoms with Gasteiger partial charge in [0.1, 0.15) is 9.84 Å². The number of nitrogens with zero attached hydrogens (tertiary/aromatic N) is 2. The van der Waals surface area contributed by atoms with Crippen LogP contribution >= 0.6 is 11.3 Å². The molecule has 0 saturated carbocycles. The van der Waals surface area contributed by atoms with Gasteiger partial charge in [-0.3, -0.25) is 4.99 Å². The molecule has 0 amide bonds. The zero-order valence-electron chi connectivity index (χ0n) is 12.8. The van der Waals surface area contributed by atoms with Crippen LogP contribution in [0.15, 0.2) is 10.4 Å². The Balaban J connectivity index is 2.49. The Labute approximate surface area is 137 Å². The smallest absolute Gasteiger partial charge is 0.357 e. The molecule has 1 heterocycles. The molecule has 132 valence electrons. The molecule has 2 N–H and O–H groups in total. The summed E-state index contributed by atoms with van der Waals surface area (Å²) in [5.41, 5.74) is -0.883. The number of rotatable bonds is 7. The summed E-state index contributed by atoms with van der Waals surface area (Å²) in [6.45, 7) is 2.89. The third-order valence-corrected chi connectivity index (χ3v) is 4.38. The van der Waals surface area contributed by atoms with Gasteiger partial charge in [0.05, 0.1) is 17.3 Å². The molecule has 6 nitrogen and oxygen atoms in total. The lowest BCUT2D eigenvalue weighted by atomic mass is 10.4. The van der Waals surface area contributed by atoms with E-state index >= 15 is 0 Å². The van der Waals surface area contributed by atoms with Crippen LogP contribution in [-0.4, -0.2) is 51.0 Å². The van der Waals surface area contributed by atoms with Gasteiger partial charge in [-0.2, -0.15) is 13.2 Å². The molecule has 0 fully saturated rings. The minimum Gasteiger partial charge on any atom is -0.357 e. The van der Waals surface area contributed by atoms with E-state index in [2.05, 4.69) is 20.6 Å². The lowest BCUT2D eigenvalue weighted by Gasteiger charge is -2.10. The molecule has 0 aromatic carbocycles. The fourth-order valence-electron chi connectivity index (χ4n) is 1.51. The summed E-state index contributed by atoms with van der Waals surface area (Å²) in [6.07, 6.45) is -2.98. The molecule has 0 atom stereocenters. The summed E-state index contributed by atoms with van der Waals surface area (Å²) < 4.78 is 59.4. The first-order valence-corrected chi connectivity index (χ1v) is 9.77. The molecule has 23 heavy (non-hydrogen) atoms. The van der Waals surface area contributed by atoms with Crippen molar-refractivity contribution in [2.24, 2.45) is 4.99 Å². The fourth-order valence-corrected chi connectivity index (χ4v) is 2.74. The number of aliphatic imine (C=N–C) groups is 1. The van der Waals surface area contributed by atoms with E-state index in [1.165, 1.54) is 0 Å². The van der Waals surface area contributed by atoms with Crippen LogP contribution in [0.2, 0.25) is 0 Å². The molecular formula is C12H19F3N4O2S2. The van der Waals surface area contributed by atoms with E-state index in [1.807, 2.05) is 6.92 Å². The summed E-state index contributed by atoms with van der Waals surface area (Å²) >= 11 is 0.952. The Morgan fingerprint density at radius 1 is 1.39 bits per heavy atom. The highest BCUT2D eigenvalue weighted by Gasteiger charge is 2.33. The van der Waals surface area contributed by atoms with Crippen LogP contribution in [0, 0.1) is 0 Å². The minimum atomic E-state index is -4.43. The highest BCUT2D eigenvalue weighted by molar-refractivity contribution is 7.90. The van der Waals surface area contributed by atoms with Crippen LogP contribution in [0.5, 0.6) is 0 Å².